The molecule has 0 aliphatic rings. The molecule has 1 aromatic carbocycles. The van der Waals surface area contributed by atoms with E-state index in [-0.39, 0.29) is 16.8 Å². The molecule has 12 heteroatoms. The summed E-state index contributed by atoms with van der Waals surface area (Å²) in [5, 5.41) is 8.55. The van der Waals surface area contributed by atoms with Crippen LogP contribution < -0.4 is 11.1 Å². The second-order valence-electron chi connectivity index (χ2n) is 5.21. The molecule has 2 aromatic rings. The van der Waals surface area contributed by atoms with Crippen LogP contribution in [0.15, 0.2) is 18.2 Å². The third-order valence-electron chi connectivity index (χ3n) is 3.40. The third-order valence-corrected chi connectivity index (χ3v) is 4.08. The molecule has 0 unspecified atom stereocenters. The van der Waals surface area contributed by atoms with E-state index in [1.165, 1.54) is 7.05 Å². The molecule has 8 nitrogen and oxygen atoms in total. The number of alkyl halides is 3. The minimum absolute atomic E-state index is 0.116. The molecule has 0 spiro atoms. The lowest BCUT2D eigenvalue weighted by Gasteiger charge is -2.12. The van der Waals surface area contributed by atoms with Gasteiger partial charge in [0, 0.05) is 12.4 Å². The first-order valence-corrected chi connectivity index (χ1v) is 8.21. The number of carbonyl (C=O) groups is 1. The fourth-order valence-corrected chi connectivity index (χ4v) is 3.14. The van der Waals surface area contributed by atoms with Gasteiger partial charge < -0.3 is 10.3 Å². The molecule has 0 aliphatic carbocycles. The van der Waals surface area contributed by atoms with Gasteiger partial charge in [-0.2, -0.15) is 21.6 Å². The minimum atomic E-state index is -4.75. The van der Waals surface area contributed by atoms with Crippen molar-refractivity contribution in [2.45, 2.75) is 11.9 Å². The Kier molecular flexibility index (Phi) is 4.53. The number of aromatic nitrogens is 1. The van der Waals surface area contributed by atoms with Crippen LogP contribution in [-0.2, 0) is 29.1 Å². The van der Waals surface area contributed by atoms with Gasteiger partial charge in [0.1, 0.15) is 11.4 Å². The summed E-state index contributed by atoms with van der Waals surface area (Å²) in [5.74, 6) is -2.56. The topological polar surface area (TPSA) is 138 Å². The molecule has 0 atom stereocenters. The van der Waals surface area contributed by atoms with E-state index in [9.17, 15) is 26.4 Å². The van der Waals surface area contributed by atoms with E-state index in [1.807, 2.05) is 5.32 Å². The molecule has 0 fully saturated rings. The average molecular weight is 378 g/mol. The number of hydrogen-bond donors (Lipinski definition) is 4. The van der Waals surface area contributed by atoms with E-state index < -0.39 is 44.9 Å². The number of halogens is 3. The van der Waals surface area contributed by atoms with Gasteiger partial charge in [-0.05, 0) is 17.7 Å². The summed E-state index contributed by atoms with van der Waals surface area (Å²) in [6, 6.07) is 2.52. The molecule has 0 bridgehead atoms. The fourth-order valence-electron chi connectivity index (χ4n) is 2.51. The molecule has 25 heavy (non-hydrogen) atoms. The van der Waals surface area contributed by atoms with Gasteiger partial charge in [-0.15, -0.1) is 0 Å². The Morgan fingerprint density at radius 1 is 1.40 bits per heavy atom. The summed E-state index contributed by atoms with van der Waals surface area (Å²) in [6.45, 7) is 0. The Morgan fingerprint density at radius 3 is 2.48 bits per heavy atom. The second-order valence-corrected chi connectivity index (χ2v) is 6.67. The van der Waals surface area contributed by atoms with E-state index in [2.05, 4.69) is 0 Å². The van der Waals surface area contributed by atoms with E-state index in [0.717, 1.165) is 16.7 Å². The molecule has 0 saturated heterocycles. The zero-order valence-electron chi connectivity index (χ0n) is 12.7. The number of nitrogens with one attached hydrogen (secondary N) is 2. The number of hydrogen-bond acceptors (Lipinski definition) is 4. The Balaban J connectivity index is 2.80. The van der Waals surface area contributed by atoms with Gasteiger partial charge >= 0.3 is 6.18 Å². The maximum Gasteiger partial charge on any atom is 0.417 e. The second kappa shape index (κ2) is 6.04. The summed E-state index contributed by atoms with van der Waals surface area (Å²) < 4.78 is 71.9. The van der Waals surface area contributed by atoms with Crippen molar-refractivity contribution in [2.24, 2.45) is 12.8 Å². The van der Waals surface area contributed by atoms with E-state index in [1.54, 1.807) is 0 Å². The number of nitrogens with two attached hydrogens (primary N) is 1. The summed E-state index contributed by atoms with van der Waals surface area (Å²) in [5.41, 5.74) is 3.41. The van der Waals surface area contributed by atoms with Crippen molar-refractivity contribution in [2.75, 3.05) is 0 Å². The number of benzene rings is 1. The third kappa shape index (κ3) is 3.91. The van der Waals surface area contributed by atoms with Gasteiger partial charge in [-0.25, -0.2) is 0 Å². The SMILES string of the molecule is Cn1c(C(=O)NC(=N)N)cc2c(C(F)(F)F)ccc(CS(=O)(=O)O)c21. The summed E-state index contributed by atoms with van der Waals surface area (Å²) in [6.07, 6.45) is -4.75. The molecule has 2 rings (SSSR count). The van der Waals surface area contributed by atoms with Crippen molar-refractivity contribution in [1.82, 2.24) is 9.88 Å². The molecular formula is C13H13F3N4O4S. The van der Waals surface area contributed by atoms with Gasteiger partial charge in [-0.3, -0.25) is 20.1 Å². The smallest absolute Gasteiger partial charge is 0.370 e. The Morgan fingerprint density at radius 2 is 2.00 bits per heavy atom. The van der Waals surface area contributed by atoms with Gasteiger partial charge in [0.15, 0.2) is 5.96 Å². The van der Waals surface area contributed by atoms with Gasteiger partial charge in [0.05, 0.1) is 11.1 Å². The zero-order chi connectivity index (χ0) is 19.2. The Hall–Kier alpha value is -2.60. The molecule has 136 valence electrons. The van der Waals surface area contributed by atoms with Crippen LogP contribution in [0.25, 0.3) is 10.9 Å². The van der Waals surface area contributed by atoms with E-state index in [4.69, 9.17) is 15.7 Å². The number of aryl methyl sites for hydroxylation is 1. The standard InChI is InChI=1S/C13H13F3N4O4S/c1-20-9(11(21)19-12(17)18)4-7-8(13(14,15)16)3-2-6(10(7)20)5-25(22,23)24/h2-4H,5H2,1H3,(H,22,23,24)(H4,17,18,19,21). The quantitative estimate of drug-likeness (QED) is 0.361. The van der Waals surface area contributed by atoms with Crippen LogP contribution in [0.1, 0.15) is 21.6 Å². The lowest BCUT2D eigenvalue weighted by molar-refractivity contribution is -0.136. The normalized spacial score (nSPS) is 12.4. The molecule has 1 amide bonds. The molecule has 1 heterocycles. The molecule has 1 aromatic heterocycles. The maximum absolute atomic E-state index is 13.2. The van der Waals surface area contributed by atoms with Crippen LogP contribution in [0.2, 0.25) is 0 Å². The van der Waals surface area contributed by atoms with Crippen molar-refractivity contribution >= 4 is 32.9 Å². The first kappa shape index (κ1) is 18.7. The summed E-state index contributed by atoms with van der Waals surface area (Å²) in [4.78, 5) is 12.0. The first-order valence-electron chi connectivity index (χ1n) is 6.60. The van der Waals surface area contributed by atoms with Crippen molar-refractivity contribution < 1.29 is 30.9 Å². The summed E-state index contributed by atoms with van der Waals surface area (Å²) in [7, 11) is -3.26. The van der Waals surface area contributed by atoms with Crippen LogP contribution in [0, 0.1) is 5.41 Å². The fraction of sp³-hybridized carbons (Fsp3) is 0.231. The molecule has 0 aliphatic heterocycles. The number of nitrogens with zero attached hydrogens (tertiary/aromatic N) is 1. The number of guanidine groups is 1. The predicted molar refractivity (Wildman–Crippen MR) is 82.6 cm³/mol. The van der Waals surface area contributed by atoms with Gasteiger partial charge in [0.2, 0.25) is 0 Å². The van der Waals surface area contributed by atoms with Gasteiger partial charge in [-0.1, -0.05) is 6.07 Å². The van der Waals surface area contributed by atoms with Crippen molar-refractivity contribution in [3.05, 3.63) is 35.0 Å². The lowest BCUT2D eigenvalue weighted by atomic mass is 10.1. The highest BCUT2D eigenvalue weighted by molar-refractivity contribution is 7.85. The highest BCUT2D eigenvalue weighted by Crippen LogP contribution is 2.37. The van der Waals surface area contributed by atoms with Crippen LogP contribution in [0.3, 0.4) is 0 Å². The van der Waals surface area contributed by atoms with Gasteiger partial charge in [0.25, 0.3) is 16.0 Å². The Bertz CT molecular complexity index is 979. The van der Waals surface area contributed by atoms with Crippen LogP contribution in [-0.4, -0.2) is 29.4 Å². The van der Waals surface area contributed by atoms with E-state index >= 15 is 0 Å². The molecule has 0 saturated carbocycles. The molecule has 5 N–H and O–H groups in total. The first-order chi connectivity index (χ1) is 11.3. The van der Waals surface area contributed by atoms with Crippen LogP contribution in [0.4, 0.5) is 13.2 Å². The van der Waals surface area contributed by atoms with Crippen LogP contribution >= 0.6 is 0 Å². The Labute approximate surface area is 139 Å². The number of amides is 1. The van der Waals surface area contributed by atoms with Crippen molar-refractivity contribution in [3.63, 3.8) is 0 Å². The minimum Gasteiger partial charge on any atom is -0.370 e. The number of rotatable bonds is 3. The maximum atomic E-state index is 13.2. The largest absolute Gasteiger partial charge is 0.417 e. The number of fused-ring (bicyclic) bond motifs is 1. The monoisotopic (exact) mass is 378 g/mol. The highest BCUT2D eigenvalue weighted by atomic mass is 32.2. The number of carbonyl (C=O) groups excluding carboxylic acids is 1. The average Bonchev–Trinajstić information content (AvgIpc) is 2.73. The molecule has 0 radical (unpaired) electrons. The molecular weight excluding hydrogens is 365 g/mol. The predicted octanol–water partition coefficient (Wildman–Crippen LogP) is 1.21. The van der Waals surface area contributed by atoms with Crippen LogP contribution in [0.5, 0.6) is 0 Å². The van der Waals surface area contributed by atoms with E-state index in [0.29, 0.717) is 6.07 Å². The van der Waals surface area contributed by atoms with Crippen molar-refractivity contribution in [1.29, 1.82) is 5.41 Å². The lowest BCUT2D eigenvalue weighted by Crippen LogP contribution is -2.36. The van der Waals surface area contributed by atoms with Crippen molar-refractivity contribution in [3.8, 4) is 0 Å². The zero-order valence-corrected chi connectivity index (χ0v) is 13.5. The highest BCUT2D eigenvalue weighted by Gasteiger charge is 2.34. The summed E-state index contributed by atoms with van der Waals surface area (Å²) >= 11 is 0.